The third-order valence-electron chi connectivity index (χ3n) is 9.56. The zero-order valence-electron chi connectivity index (χ0n) is 33.3. The highest BCUT2D eigenvalue weighted by molar-refractivity contribution is 6.31. The number of rotatable bonds is 25. The van der Waals surface area contributed by atoms with E-state index in [9.17, 15) is 50.4 Å². The number of carbonyl (C=O) groups excluding carboxylic acids is 2. The maximum absolute atomic E-state index is 12.7. The Morgan fingerprint density at radius 2 is 1.30 bits per heavy atom. The van der Waals surface area contributed by atoms with Gasteiger partial charge in [0.05, 0.1) is 25.4 Å². The molecule has 0 aliphatic carbocycles. The lowest BCUT2D eigenvalue weighted by atomic mass is 10.0. The molecule has 3 aromatic rings. The molecule has 23 heteroatoms. The van der Waals surface area contributed by atoms with Gasteiger partial charge in [0.2, 0.25) is 5.91 Å². The van der Waals surface area contributed by atoms with Crippen molar-refractivity contribution in [3.8, 4) is 11.1 Å². The van der Waals surface area contributed by atoms with Crippen molar-refractivity contribution in [1.29, 1.82) is 5.41 Å². The molecular weight excluding hydrogens is 824 g/mol. The third kappa shape index (κ3) is 16.3. The molecule has 0 bridgehead atoms. The first-order chi connectivity index (χ1) is 28.9. The smallest absolute Gasteiger partial charge is 0.280 e. The van der Waals surface area contributed by atoms with E-state index in [4.69, 9.17) is 38.7 Å². The van der Waals surface area contributed by atoms with Gasteiger partial charge >= 0.3 is 0 Å². The summed E-state index contributed by atoms with van der Waals surface area (Å²) in [7, 11) is 0. The van der Waals surface area contributed by atoms with Crippen LogP contribution in [0.15, 0.2) is 42.6 Å². The molecule has 0 radical (unpaired) electrons. The van der Waals surface area contributed by atoms with Crippen molar-refractivity contribution in [3.05, 3.63) is 64.7 Å². The molecule has 2 heterocycles. The number of pyridine rings is 1. The van der Waals surface area contributed by atoms with Gasteiger partial charge in [-0.05, 0) is 42.9 Å². The molecule has 8 atom stereocenters. The normalized spacial score (nSPS) is 15.5. The number of nitrogen functional groups attached to an aromatic ring is 2. The predicted octanol–water partition coefficient (Wildman–Crippen LogP) is -4.14. The molecule has 3 rings (SSSR count). The van der Waals surface area contributed by atoms with E-state index in [1.807, 2.05) is 36.4 Å². The maximum atomic E-state index is 12.7. The van der Waals surface area contributed by atoms with Gasteiger partial charge in [-0.3, -0.25) is 30.2 Å². The van der Waals surface area contributed by atoms with Gasteiger partial charge in [0.1, 0.15) is 36.6 Å². The van der Waals surface area contributed by atoms with E-state index < -0.39 is 81.0 Å². The second-order valence-corrected chi connectivity index (χ2v) is 14.6. The lowest BCUT2D eigenvalue weighted by Gasteiger charge is -2.33. The van der Waals surface area contributed by atoms with Gasteiger partial charge in [0, 0.05) is 56.6 Å². The van der Waals surface area contributed by atoms with Crippen LogP contribution in [0.2, 0.25) is 5.15 Å². The zero-order valence-corrected chi connectivity index (χ0v) is 34.0. The summed E-state index contributed by atoms with van der Waals surface area (Å²) in [6.45, 7) is -2.37. The fraction of sp³-hybridized carbons (Fsp3) is 0.526. The number of aliphatic hydroxyl groups excluding tert-OH is 10. The molecule has 0 fully saturated rings. The fourth-order valence-corrected chi connectivity index (χ4v) is 6.04. The van der Waals surface area contributed by atoms with Gasteiger partial charge in [0.15, 0.2) is 28.4 Å². The lowest BCUT2D eigenvalue weighted by Crippen LogP contribution is -2.54. The number of aryl methyl sites for hydroxylation is 2. The molecule has 338 valence electrons. The number of aliphatic hydroxyl groups is 10. The number of nitrogens with zero attached hydrogens (tertiary/aromatic N) is 4. The van der Waals surface area contributed by atoms with Crippen molar-refractivity contribution in [3.63, 3.8) is 0 Å². The standard InChI is InChI=1S/C38H57ClN10O12/c39-34-36(41)47-35(40)29(46-34)37(61)48-38(42)44-12-2-1-3-20-4-6-21(7-5-20)22-8-9-23(45-15-22)10-11-28(56)43-13-14-49(16-24(52)30(57)32(59)26(54)18-50)17-25(53)31(58)33(60)27(55)19-51/h4-9,15,24-27,30-33,50-55,57-60H,1-3,10-14,16-19H2,(H,43,56)(H4,40,41,47)(H3,42,44,48,61)/t24-,25-,26+,27+,30+,31+,32+,33+/m0/s1. The van der Waals surface area contributed by atoms with Crippen molar-refractivity contribution in [2.45, 2.75) is 80.9 Å². The van der Waals surface area contributed by atoms with Gasteiger partial charge in [0.25, 0.3) is 5.91 Å². The highest BCUT2D eigenvalue weighted by Gasteiger charge is 2.34. The summed E-state index contributed by atoms with van der Waals surface area (Å²) in [5, 5.41) is 115. The Balaban J connectivity index is 1.42. The number of benzene rings is 1. The minimum atomic E-state index is -1.93. The van der Waals surface area contributed by atoms with Crippen LogP contribution in [0.1, 0.15) is 41.0 Å². The number of nitrogens with one attached hydrogen (secondary N) is 4. The van der Waals surface area contributed by atoms with Crippen LogP contribution in [0.4, 0.5) is 11.6 Å². The molecule has 2 aromatic heterocycles. The van der Waals surface area contributed by atoms with Crippen LogP contribution in [0.5, 0.6) is 0 Å². The third-order valence-corrected chi connectivity index (χ3v) is 9.84. The Morgan fingerprint density at radius 3 is 1.85 bits per heavy atom. The van der Waals surface area contributed by atoms with Gasteiger partial charge in [-0.1, -0.05) is 41.9 Å². The van der Waals surface area contributed by atoms with E-state index >= 15 is 0 Å². The Kier molecular flexibility index (Phi) is 21.0. The second kappa shape index (κ2) is 25.3. The highest BCUT2D eigenvalue weighted by atomic mass is 35.5. The van der Waals surface area contributed by atoms with Gasteiger partial charge in [-0.2, -0.15) is 0 Å². The average molecular weight is 881 g/mol. The average Bonchev–Trinajstić information content (AvgIpc) is 3.25. The molecule has 0 aliphatic heterocycles. The number of halogens is 1. The number of aromatic nitrogens is 3. The quantitative estimate of drug-likeness (QED) is 0.0218. The summed E-state index contributed by atoms with van der Waals surface area (Å²) in [4.78, 5) is 38.4. The van der Waals surface area contributed by atoms with Crippen molar-refractivity contribution < 1.29 is 60.7 Å². The molecule has 0 saturated heterocycles. The number of nitrogens with two attached hydrogens (primary N) is 2. The monoisotopic (exact) mass is 880 g/mol. The van der Waals surface area contributed by atoms with Gasteiger partial charge < -0.3 is 73.2 Å². The number of hydrogen-bond acceptors (Lipinski definition) is 19. The molecule has 0 spiro atoms. The Morgan fingerprint density at radius 1 is 0.721 bits per heavy atom. The maximum Gasteiger partial charge on any atom is 0.280 e. The van der Waals surface area contributed by atoms with Crippen LogP contribution < -0.4 is 27.4 Å². The van der Waals surface area contributed by atoms with Crippen molar-refractivity contribution in [1.82, 2.24) is 35.8 Å². The molecule has 1 aromatic carbocycles. The van der Waals surface area contributed by atoms with E-state index in [0.717, 1.165) is 36.0 Å². The number of hydrogen-bond donors (Lipinski definition) is 16. The highest BCUT2D eigenvalue weighted by Crippen LogP contribution is 2.21. The summed E-state index contributed by atoms with van der Waals surface area (Å²) in [6.07, 6.45) is -10.3. The van der Waals surface area contributed by atoms with E-state index in [-0.39, 0.29) is 53.9 Å². The van der Waals surface area contributed by atoms with Crippen molar-refractivity contribution in [2.75, 3.05) is 57.4 Å². The van der Waals surface area contributed by atoms with Crippen LogP contribution >= 0.6 is 11.6 Å². The molecule has 0 unspecified atom stereocenters. The molecule has 2 amide bonds. The van der Waals surface area contributed by atoms with Crippen molar-refractivity contribution >= 4 is 41.0 Å². The summed E-state index contributed by atoms with van der Waals surface area (Å²) in [6, 6.07) is 11.7. The SMILES string of the molecule is N=C(NCCCCc1ccc(-c2ccc(CCC(=O)NCCN(C[C@H](O)[C@@H](O)[C@H](O)[C@H](O)CO)C[C@H](O)[C@@H](O)[C@H](O)[C@H](O)CO)nc2)cc1)NC(=O)c1nc(Cl)c(N)nc1N. The first-order valence-corrected chi connectivity index (χ1v) is 19.7. The molecule has 61 heavy (non-hydrogen) atoms. The van der Waals surface area contributed by atoms with E-state index in [0.29, 0.717) is 18.7 Å². The Hall–Kier alpha value is -4.69. The predicted molar refractivity (Wildman–Crippen MR) is 222 cm³/mol. The topological polar surface area (TPSA) is 390 Å². The van der Waals surface area contributed by atoms with Crippen LogP contribution in [0, 0.1) is 5.41 Å². The number of amides is 2. The van der Waals surface area contributed by atoms with Crippen LogP contribution in [0.25, 0.3) is 11.1 Å². The molecule has 0 aliphatic rings. The second-order valence-electron chi connectivity index (χ2n) is 14.3. The van der Waals surface area contributed by atoms with Crippen LogP contribution in [-0.4, -0.2) is 183 Å². The first kappa shape index (κ1) is 50.7. The molecule has 22 nitrogen and oxygen atoms in total. The largest absolute Gasteiger partial charge is 0.394 e. The molecular formula is C38H57ClN10O12. The summed E-state index contributed by atoms with van der Waals surface area (Å²) < 4.78 is 0. The van der Waals surface area contributed by atoms with Crippen molar-refractivity contribution in [2.24, 2.45) is 0 Å². The van der Waals surface area contributed by atoms with Crippen LogP contribution in [-0.2, 0) is 17.6 Å². The van der Waals surface area contributed by atoms with Gasteiger partial charge in [-0.15, -0.1) is 0 Å². The number of guanidine groups is 1. The molecule has 0 saturated carbocycles. The van der Waals surface area contributed by atoms with Gasteiger partial charge in [-0.25, -0.2) is 9.97 Å². The summed E-state index contributed by atoms with van der Waals surface area (Å²) in [5.74, 6) is -1.64. The number of unbranched alkanes of at least 4 members (excludes halogenated alkanes) is 1. The van der Waals surface area contributed by atoms with E-state index in [1.165, 1.54) is 4.90 Å². The van der Waals surface area contributed by atoms with Crippen LogP contribution in [0.3, 0.4) is 0 Å². The minimum absolute atomic E-state index is 0.0350. The summed E-state index contributed by atoms with van der Waals surface area (Å²) in [5.41, 5.74) is 14.5. The number of anilines is 2. The lowest BCUT2D eigenvalue weighted by molar-refractivity contribution is -0.130. The summed E-state index contributed by atoms with van der Waals surface area (Å²) >= 11 is 5.81. The van der Waals surface area contributed by atoms with E-state index in [1.54, 1.807) is 6.20 Å². The zero-order chi connectivity index (χ0) is 45.2. The Labute approximate surface area is 356 Å². The first-order valence-electron chi connectivity index (χ1n) is 19.4. The van der Waals surface area contributed by atoms with E-state index in [2.05, 4.69) is 30.9 Å². The fourth-order valence-electron chi connectivity index (χ4n) is 5.91. The minimum Gasteiger partial charge on any atom is -0.394 e. The molecule has 18 N–H and O–H groups in total. The number of carbonyl (C=O) groups is 2. The Bertz CT molecular complexity index is 1800.